The number of hydrogen-bond donors (Lipinski definition) is 0. The van der Waals surface area contributed by atoms with Gasteiger partial charge in [-0.25, -0.2) is 0 Å². The van der Waals surface area contributed by atoms with Crippen LogP contribution in [0.1, 0.15) is 47.9 Å². The first-order valence-electron chi connectivity index (χ1n) is 18.2. The number of carbonyl (C=O) groups excluding carboxylic acids is 4. The zero-order chi connectivity index (χ0) is 35.5. The van der Waals surface area contributed by atoms with Crippen molar-refractivity contribution in [1.29, 1.82) is 0 Å². The first-order valence-corrected chi connectivity index (χ1v) is 21.1. The molecule has 12 heteroatoms. The van der Waals surface area contributed by atoms with Gasteiger partial charge in [0, 0.05) is 73.4 Å². The van der Waals surface area contributed by atoms with E-state index in [4.69, 9.17) is 32.7 Å². The molecule has 8 nitrogen and oxygen atoms in total. The van der Waals surface area contributed by atoms with Crippen molar-refractivity contribution in [2.45, 2.75) is 39.5 Å². The van der Waals surface area contributed by atoms with Gasteiger partial charge in [0.15, 0.2) is 11.5 Å². The molecule has 7 aliphatic carbocycles. The smallest absolute Gasteiger partial charge is 0.308 e. The fourth-order valence-electron chi connectivity index (χ4n) is 15.7. The minimum atomic E-state index is -0.387. The molecule has 0 N–H and O–H groups in total. The largest absolute Gasteiger partial charge is 0.425 e. The van der Waals surface area contributed by atoms with Gasteiger partial charge >= 0.3 is 11.9 Å². The first-order chi connectivity index (χ1) is 25.0. The second-order valence-corrected chi connectivity index (χ2v) is 19.5. The van der Waals surface area contributed by atoms with Crippen LogP contribution in [0.15, 0.2) is 22.9 Å². The lowest BCUT2D eigenvalue weighted by atomic mass is 9.20. The number of alkyl halides is 2. The lowest BCUT2D eigenvalue weighted by Crippen LogP contribution is -2.83. The summed E-state index contributed by atoms with van der Waals surface area (Å²) in [5.74, 6) is 3.32. The third-order valence-corrected chi connectivity index (χ3v) is 19.1. The summed E-state index contributed by atoms with van der Waals surface area (Å²) in [4.78, 5) is 58.7. The predicted molar refractivity (Wildman–Crippen MR) is 198 cm³/mol. The molecule has 4 heterocycles. The zero-order valence-electron chi connectivity index (χ0n) is 28.7. The summed E-state index contributed by atoms with van der Waals surface area (Å²) in [5, 5.41) is 6.26. The minimum absolute atomic E-state index is 0.0118. The molecule has 0 saturated heterocycles. The number of aryl methyl sites for hydroxylation is 2. The molecule has 2 aromatic heterocycles. The minimum Gasteiger partial charge on any atom is -0.425 e. The Morgan fingerprint density at radius 2 is 1.12 bits per heavy atom. The molecule has 52 heavy (non-hydrogen) atoms. The number of amides is 2. The van der Waals surface area contributed by atoms with Crippen molar-refractivity contribution >= 4 is 101 Å². The number of fused-ring (bicyclic) bond motifs is 12. The molecule has 4 aromatic rings. The number of rotatable bonds is 6. The van der Waals surface area contributed by atoms with Gasteiger partial charge in [-0.05, 0) is 93.2 Å². The van der Waals surface area contributed by atoms with E-state index in [0.717, 1.165) is 53.8 Å². The van der Waals surface area contributed by atoms with Gasteiger partial charge in [0.1, 0.15) is 0 Å². The maximum absolute atomic E-state index is 15.2. The topological polar surface area (TPSA) is 93.2 Å². The number of thiophene rings is 2. The summed E-state index contributed by atoms with van der Waals surface area (Å²) in [6.45, 7) is 7.99. The van der Waals surface area contributed by atoms with E-state index in [-0.39, 0.29) is 80.9 Å². The Bertz CT molecular complexity index is 2370. The van der Waals surface area contributed by atoms with Gasteiger partial charge in [0.25, 0.3) is 0 Å². The highest BCUT2D eigenvalue weighted by atomic mass is 35.5. The van der Waals surface area contributed by atoms with E-state index in [1.165, 1.54) is 13.8 Å². The Balaban J connectivity index is 0.878. The summed E-state index contributed by atoms with van der Waals surface area (Å²) in [5.41, 5.74) is 5.41. The fourth-order valence-corrected chi connectivity index (χ4v) is 18.2. The van der Waals surface area contributed by atoms with Crippen LogP contribution in [0.4, 0.5) is 11.4 Å². The van der Waals surface area contributed by atoms with Crippen LogP contribution in [0.5, 0.6) is 11.5 Å². The van der Waals surface area contributed by atoms with Crippen molar-refractivity contribution in [3.63, 3.8) is 0 Å². The molecule has 6 unspecified atom stereocenters. The molecule has 2 aliphatic heterocycles. The highest BCUT2D eigenvalue weighted by molar-refractivity contribution is 7.18. The van der Waals surface area contributed by atoms with Gasteiger partial charge in [-0.3, -0.25) is 19.2 Å². The van der Waals surface area contributed by atoms with Crippen LogP contribution in [0.25, 0.3) is 20.2 Å². The second kappa shape index (κ2) is 8.54. The van der Waals surface area contributed by atoms with Gasteiger partial charge in [-0.2, -0.15) is 0 Å². The molecule has 2 spiro atoms. The summed E-state index contributed by atoms with van der Waals surface area (Å²) < 4.78 is 13.3. The van der Waals surface area contributed by atoms with Crippen LogP contribution >= 0.6 is 45.9 Å². The molecule has 7 fully saturated rings. The Hall–Kier alpha value is -3.18. The molecule has 2 aromatic carbocycles. The summed E-state index contributed by atoms with van der Waals surface area (Å²) in [6.07, 6.45) is 0. The molecular weight excluding hydrogens is 739 g/mol. The molecule has 8 atom stereocenters. The molecule has 13 rings (SSSR count). The van der Waals surface area contributed by atoms with Gasteiger partial charge < -0.3 is 19.3 Å². The Morgan fingerprint density at radius 3 is 1.48 bits per heavy atom. The zero-order valence-corrected chi connectivity index (χ0v) is 31.8. The number of nitrogens with zero attached hydrogens (tertiary/aromatic N) is 2. The van der Waals surface area contributed by atoms with E-state index in [9.17, 15) is 9.59 Å². The van der Waals surface area contributed by atoms with E-state index < -0.39 is 0 Å². The molecule has 0 radical (unpaired) electrons. The molecule has 264 valence electrons. The summed E-state index contributed by atoms with van der Waals surface area (Å²) in [7, 11) is 0. The van der Waals surface area contributed by atoms with E-state index >= 15 is 9.59 Å². The molecule has 7 saturated carbocycles. The molecular formula is C40H32Cl2N2O6S2. The fraction of sp³-hybridized carbons (Fsp3) is 0.500. The lowest BCUT2D eigenvalue weighted by molar-refractivity contribution is -0.371. The highest BCUT2D eigenvalue weighted by Crippen LogP contribution is 3.31. The third kappa shape index (κ3) is 2.44. The number of halogens is 2. The maximum Gasteiger partial charge on any atom is 0.308 e. The van der Waals surface area contributed by atoms with Gasteiger partial charge in [-0.1, -0.05) is 0 Å². The molecule has 9 aliphatic rings. The van der Waals surface area contributed by atoms with E-state index in [1.54, 1.807) is 22.7 Å². The van der Waals surface area contributed by atoms with Crippen LogP contribution in [0.2, 0.25) is 0 Å². The number of benzene rings is 2. The third-order valence-electron chi connectivity index (χ3n) is 16.1. The number of ether oxygens (including phenoxy) is 2. The average molecular weight is 772 g/mol. The Labute approximate surface area is 316 Å². The van der Waals surface area contributed by atoms with Crippen molar-refractivity contribution in [1.82, 2.24) is 0 Å². The van der Waals surface area contributed by atoms with Crippen LogP contribution in [-0.4, -0.2) is 48.6 Å². The summed E-state index contributed by atoms with van der Waals surface area (Å²) in [6, 6.07) is 3.81. The van der Waals surface area contributed by atoms with E-state index in [1.807, 2.05) is 21.9 Å². The molecule has 2 amide bonds. The van der Waals surface area contributed by atoms with Crippen molar-refractivity contribution in [3.8, 4) is 11.5 Å². The highest BCUT2D eigenvalue weighted by Gasteiger charge is 3.33. The van der Waals surface area contributed by atoms with Crippen molar-refractivity contribution < 1.29 is 28.7 Å². The molecule has 0 bridgehead atoms. The maximum atomic E-state index is 15.2. The monoisotopic (exact) mass is 770 g/mol. The Kier molecular flexibility index (Phi) is 4.95. The quantitative estimate of drug-likeness (QED) is 0.116. The number of hydrogen-bond acceptors (Lipinski definition) is 8. The number of anilines is 2. The SMILES string of the molecule is CC(=O)Oc1cc2c(c3c(C)csc13)[C@H](CCl)CN2C(=O)C12C3C4C5(C(=O)N6C[C@@H](CCl)c7c6cc(OC(C)=O)c6scc(C)c76)C6C1C21C3C45C61. The average Bonchev–Trinajstić information content (AvgIpc) is 3.40. The number of esters is 2. The van der Waals surface area contributed by atoms with E-state index in [2.05, 4.69) is 24.6 Å². The van der Waals surface area contributed by atoms with E-state index in [0.29, 0.717) is 48.2 Å². The van der Waals surface area contributed by atoms with Gasteiger partial charge in [0.2, 0.25) is 11.8 Å². The van der Waals surface area contributed by atoms with Crippen molar-refractivity contribution in [2.75, 3.05) is 34.6 Å². The second-order valence-electron chi connectivity index (χ2n) is 17.1. The first kappa shape index (κ1) is 30.2. The summed E-state index contributed by atoms with van der Waals surface area (Å²) >= 11 is 16.4. The van der Waals surface area contributed by atoms with Crippen molar-refractivity contribution in [3.05, 3.63) is 45.1 Å². The van der Waals surface area contributed by atoms with Crippen LogP contribution < -0.4 is 19.3 Å². The van der Waals surface area contributed by atoms with Gasteiger partial charge in [0.05, 0.1) is 31.6 Å². The standard InChI is InChI=1S/C40H32Cl2N2O6S2/c1-13-11-51-29-21(49-15(3)45)5-19-25(23(13)29)17(7-41)9-43(19)35(47)37-27-32-38(28-31(37)39(37)33(27)40(32,38)34(28)39)36(48)44-10-18(8-42)26-20(44)6-22(50-16(4)46)30-24(26)14(2)12-52-30/h5-6,11-12,17-18,27-28,31-34H,7-10H2,1-4H3/t17-,18-,27?,28?,31?,32?,33?,34?,37?,38?,39?,40?/m1/s1. The lowest BCUT2D eigenvalue weighted by Gasteiger charge is -2.83. The van der Waals surface area contributed by atoms with Crippen LogP contribution in [0, 0.1) is 71.0 Å². The van der Waals surface area contributed by atoms with Gasteiger partial charge in [-0.15, -0.1) is 45.9 Å². The Morgan fingerprint density at radius 1 is 0.712 bits per heavy atom. The van der Waals surface area contributed by atoms with Crippen LogP contribution in [0.3, 0.4) is 0 Å². The normalized spacial score (nSPS) is 41.4. The van der Waals surface area contributed by atoms with Crippen LogP contribution in [-0.2, 0) is 19.2 Å². The van der Waals surface area contributed by atoms with Crippen molar-refractivity contribution in [2.24, 2.45) is 57.2 Å². The predicted octanol–water partition coefficient (Wildman–Crippen LogP) is 7.36. The number of carbonyl (C=O) groups is 4.